The molecule has 5 rings (SSSR count). The Balaban J connectivity index is 1.55. The highest BCUT2D eigenvalue weighted by Crippen LogP contribution is 2.33. The quantitative estimate of drug-likeness (QED) is 0.777. The highest BCUT2D eigenvalue weighted by atomic mass is 35.5. The Labute approximate surface area is 173 Å². The van der Waals surface area contributed by atoms with Gasteiger partial charge in [-0.1, -0.05) is 11.6 Å². The second-order valence-corrected chi connectivity index (χ2v) is 7.87. The fourth-order valence-electron chi connectivity index (χ4n) is 4.15. The monoisotopic (exact) mass is 412 g/mol. The molecule has 0 bridgehead atoms. The van der Waals surface area contributed by atoms with Gasteiger partial charge in [-0.25, -0.2) is 9.48 Å². The molecular weight excluding hydrogens is 392 g/mol. The first-order valence-electron chi connectivity index (χ1n) is 9.89. The minimum absolute atomic E-state index is 0.00506. The molecule has 29 heavy (non-hydrogen) atoms. The summed E-state index contributed by atoms with van der Waals surface area (Å²) in [5.74, 6) is 1.18. The smallest absolute Gasteiger partial charge is 0.331 e. The maximum Gasteiger partial charge on any atom is 0.331 e. The van der Waals surface area contributed by atoms with E-state index in [2.05, 4.69) is 10.1 Å². The van der Waals surface area contributed by atoms with Crippen LogP contribution in [0, 0.1) is 0 Å². The van der Waals surface area contributed by atoms with Crippen molar-refractivity contribution in [1.29, 1.82) is 0 Å². The van der Waals surface area contributed by atoms with E-state index >= 15 is 0 Å². The summed E-state index contributed by atoms with van der Waals surface area (Å²) in [6.07, 6.45) is 4.88. The largest absolute Gasteiger partial charge is 0.341 e. The minimum atomic E-state index is -0.227. The number of hydrogen-bond donors (Lipinski definition) is 0. The lowest BCUT2D eigenvalue weighted by molar-refractivity contribution is -0.130. The second-order valence-electron chi connectivity index (χ2n) is 7.44. The lowest BCUT2D eigenvalue weighted by Gasteiger charge is -2.35. The third-order valence-electron chi connectivity index (χ3n) is 5.62. The molecule has 3 aliphatic rings. The molecule has 0 N–H and O–H groups in total. The van der Waals surface area contributed by atoms with Crippen LogP contribution < -0.4 is 4.90 Å². The van der Waals surface area contributed by atoms with E-state index in [0.717, 1.165) is 43.6 Å². The van der Waals surface area contributed by atoms with Crippen LogP contribution in [0.15, 0.2) is 35.5 Å². The van der Waals surface area contributed by atoms with Gasteiger partial charge in [0.2, 0.25) is 5.91 Å². The van der Waals surface area contributed by atoms with Gasteiger partial charge in [0.05, 0.1) is 24.0 Å². The van der Waals surface area contributed by atoms with Gasteiger partial charge in [-0.15, -0.1) is 0 Å². The van der Waals surface area contributed by atoms with Crippen molar-refractivity contribution in [3.8, 4) is 5.69 Å². The molecule has 0 radical (unpaired) electrons. The number of benzene rings is 1. The number of halogens is 1. The molecule has 0 saturated carbocycles. The molecule has 0 aliphatic carbocycles. The molecule has 0 spiro atoms. The lowest BCUT2D eigenvalue weighted by atomic mass is 10.1. The van der Waals surface area contributed by atoms with Crippen molar-refractivity contribution in [3.63, 3.8) is 0 Å². The van der Waals surface area contributed by atoms with Crippen molar-refractivity contribution in [3.05, 3.63) is 41.0 Å². The van der Waals surface area contributed by atoms with Crippen LogP contribution in [0.4, 0.5) is 10.6 Å². The van der Waals surface area contributed by atoms with Crippen LogP contribution >= 0.6 is 11.6 Å². The number of carbonyl (C=O) groups is 2. The number of piperidine rings is 1. The van der Waals surface area contributed by atoms with Crippen LogP contribution in [-0.2, 0) is 4.79 Å². The van der Waals surface area contributed by atoms with E-state index in [1.54, 1.807) is 27.9 Å². The first kappa shape index (κ1) is 18.2. The third kappa shape index (κ3) is 3.07. The summed E-state index contributed by atoms with van der Waals surface area (Å²) in [4.78, 5) is 35.8. The van der Waals surface area contributed by atoms with Gasteiger partial charge in [0, 0.05) is 24.7 Å². The van der Waals surface area contributed by atoms with Crippen molar-refractivity contribution < 1.29 is 9.59 Å². The molecule has 8 nitrogen and oxygen atoms in total. The second kappa shape index (κ2) is 7.18. The highest BCUT2D eigenvalue weighted by molar-refractivity contribution is 6.30. The number of urea groups is 1. The van der Waals surface area contributed by atoms with E-state index in [-0.39, 0.29) is 18.5 Å². The maximum absolute atomic E-state index is 13.3. The number of fused-ring (bicyclic) bond motifs is 3. The Morgan fingerprint density at radius 2 is 1.83 bits per heavy atom. The molecular formula is C20H21ClN6O2. The molecule has 1 aromatic heterocycles. The van der Waals surface area contributed by atoms with Crippen molar-refractivity contribution in [2.75, 3.05) is 37.6 Å². The summed E-state index contributed by atoms with van der Waals surface area (Å²) in [6.45, 7) is 2.57. The van der Waals surface area contributed by atoms with Crippen molar-refractivity contribution in [1.82, 2.24) is 19.6 Å². The van der Waals surface area contributed by atoms with Crippen molar-refractivity contribution >= 4 is 35.2 Å². The number of rotatable bonds is 3. The molecule has 0 atom stereocenters. The van der Waals surface area contributed by atoms with Crippen molar-refractivity contribution in [2.45, 2.75) is 19.3 Å². The van der Waals surface area contributed by atoms with E-state index in [9.17, 15) is 9.59 Å². The van der Waals surface area contributed by atoms with Crippen LogP contribution in [0.5, 0.6) is 0 Å². The number of carbonyl (C=O) groups excluding carboxylic acids is 2. The molecule has 2 aromatic rings. The van der Waals surface area contributed by atoms with Crippen LogP contribution in [-0.4, -0.2) is 70.1 Å². The van der Waals surface area contributed by atoms with Gasteiger partial charge in [-0.05, 0) is 43.5 Å². The van der Waals surface area contributed by atoms with Gasteiger partial charge >= 0.3 is 6.03 Å². The topological polar surface area (TPSA) is 74.0 Å². The fraction of sp³-hybridized carbons (Fsp3) is 0.400. The number of amidine groups is 1. The molecule has 1 fully saturated rings. The van der Waals surface area contributed by atoms with Gasteiger partial charge in [0.25, 0.3) is 0 Å². The summed E-state index contributed by atoms with van der Waals surface area (Å²) in [6, 6.07) is 7.01. The standard InChI is InChI=1S/C20H21ClN6O2/c21-14-4-6-15(7-5-14)27-19-16(12-23-27)18-22-8-11-25(18)20(29)26(19)13-17(28)24-9-2-1-3-10-24/h4-7,12H,1-3,8-11,13H2. The van der Waals surface area contributed by atoms with E-state index in [1.807, 2.05) is 17.0 Å². The molecule has 1 aromatic carbocycles. The lowest BCUT2D eigenvalue weighted by Crippen LogP contribution is -2.54. The molecule has 150 valence electrons. The average Bonchev–Trinajstić information content (AvgIpc) is 3.39. The first-order chi connectivity index (χ1) is 14.1. The number of nitrogens with zero attached hydrogens (tertiary/aromatic N) is 6. The predicted octanol–water partition coefficient (Wildman–Crippen LogP) is 2.54. The molecule has 3 aliphatic heterocycles. The molecule has 9 heteroatoms. The number of hydrogen-bond acceptors (Lipinski definition) is 4. The van der Waals surface area contributed by atoms with E-state index in [0.29, 0.717) is 29.8 Å². The van der Waals surface area contributed by atoms with Crippen molar-refractivity contribution in [2.24, 2.45) is 4.99 Å². The summed E-state index contributed by atoms with van der Waals surface area (Å²) in [7, 11) is 0. The van der Waals surface area contributed by atoms with E-state index < -0.39 is 0 Å². The number of likely N-dealkylation sites (tertiary alicyclic amines) is 1. The van der Waals surface area contributed by atoms with Crippen LogP contribution in [0.1, 0.15) is 24.8 Å². The van der Waals surface area contributed by atoms with Gasteiger partial charge < -0.3 is 4.90 Å². The van der Waals surface area contributed by atoms with Crippen LogP contribution in [0.25, 0.3) is 5.69 Å². The average molecular weight is 413 g/mol. The zero-order valence-corrected chi connectivity index (χ0v) is 16.7. The highest BCUT2D eigenvalue weighted by Gasteiger charge is 2.41. The fourth-order valence-corrected chi connectivity index (χ4v) is 4.28. The number of amides is 3. The SMILES string of the molecule is O=C(CN1C(=O)N2CCN=C2c2cnn(-c3ccc(Cl)cc3)c21)N1CCCCC1. The Morgan fingerprint density at radius 3 is 2.59 bits per heavy atom. The molecule has 0 unspecified atom stereocenters. The van der Waals surface area contributed by atoms with Gasteiger partial charge in [-0.2, -0.15) is 5.10 Å². The summed E-state index contributed by atoms with van der Waals surface area (Å²) < 4.78 is 1.69. The zero-order valence-electron chi connectivity index (χ0n) is 15.9. The number of anilines is 1. The summed E-state index contributed by atoms with van der Waals surface area (Å²) in [5.41, 5.74) is 1.54. The Hall–Kier alpha value is -2.87. The van der Waals surface area contributed by atoms with Gasteiger partial charge in [0.1, 0.15) is 12.4 Å². The predicted molar refractivity (Wildman–Crippen MR) is 110 cm³/mol. The Bertz CT molecular complexity index is 993. The first-order valence-corrected chi connectivity index (χ1v) is 10.3. The van der Waals surface area contributed by atoms with E-state index in [1.165, 1.54) is 4.90 Å². The summed E-state index contributed by atoms with van der Waals surface area (Å²) in [5, 5.41) is 5.13. The van der Waals surface area contributed by atoms with E-state index in [4.69, 9.17) is 11.6 Å². The van der Waals surface area contributed by atoms with Crippen LogP contribution in [0.2, 0.25) is 5.02 Å². The van der Waals surface area contributed by atoms with Gasteiger partial charge in [-0.3, -0.25) is 19.6 Å². The van der Waals surface area contributed by atoms with Gasteiger partial charge in [0.15, 0.2) is 5.82 Å². The summed E-state index contributed by atoms with van der Waals surface area (Å²) >= 11 is 6.03. The normalized spacial score (nSPS) is 18.6. The molecule has 1 saturated heterocycles. The minimum Gasteiger partial charge on any atom is -0.341 e. The third-order valence-corrected chi connectivity index (χ3v) is 5.87. The number of aromatic nitrogens is 2. The maximum atomic E-state index is 13.3. The molecule has 3 amide bonds. The molecule has 4 heterocycles. The van der Waals surface area contributed by atoms with Crippen LogP contribution in [0.3, 0.4) is 0 Å². The Morgan fingerprint density at radius 1 is 1.07 bits per heavy atom. The number of aliphatic imine (C=N–C) groups is 1. The zero-order chi connectivity index (χ0) is 20.0. The Kier molecular flexibility index (Phi) is 4.50.